The van der Waals surface area contributed by atoms with Crippen LogP contribution in [0.25, 0.3) is 0 Å². The smallest absolute Gasteiger partial charge is 0.234 e. The molecule has 0 saturated heterocycles. The number of hydrazone groups is 1. The largest absolute Gasteiger partial charge is 0.441 e. The Balaban J connectivity index is 1.64. The summed E-state index contributed by atoms with van der Waals surface area (Å²) in [7, 11) is 0. The van der Waals surface area contributed by atoms with Gasteiger partial charge in [0.2, 0.25) is 17.0 Å². The Hall–Kier alpha value is -3.06. The molecule has 0 saturated carbocycles. The fraction of sp³-hybridized carbons (Fsp3) is 0.227. The average molecular weight is 409 g/mol. The van der Waals surface area contributed by atoms with Crippen LogP contribution in [-0.4, -0.2) is 40.8 Å². The highest BCUT2D eigenvalue weighted by Crippen LogP contribution is 2.19. The number of nitrogens with one attached hydrogen (secondary N) is 1. The molecule has 2 aromatic carbocycles. The number of amides is 1. The lowest BCUT2D eigenvalue weighted by Gasteiger charge is -2.23. The van der Waals surface area contributed by atoms with Crippen LogP contribution in [0.15, 0.2) is 71.3 Å². The lowest BCUT2D eigenvalue weighted by molar-refractivity contribution is -0.113. The number of nitrogens with zero attached hydrogens (tertiary/aromatic N) is 3. The molecule has 0 aromatic heterocycles. The van der Waals surface area contributed by atoms with Crippen LogP contribution in [-0.2, 0) is 4.79 Å². The lowest BCUT2D eigenvalue weighted by atomic mass is 10.1. The fourth-order valence-corrected chi connectivity index (χ4v) is 3.35. The van der Waals surface area contributed by atoms with E-state index in [1.807, 2.05) is 67.4 Å². The van der Waals surface area contributed by atoms with Crippen molar-refractivity contribution in [1.82, 2.24) is 5.01 Å². The zero-order chi connectivity index (χ0) is 20.6. The number of carbonyl (C=O) groups excluding carboxylic acids is 1. The first-order chi connectivity index (χ1) is 14.0. The van der Waals surface area contributed by atoms with Crippen molar-refractivity contribution in [2.24, 2.45) is 10.1 Å². The number of benzene rings is 2. The minimum absolute atomic E-state index is 0.104. The van der Waals surface area contributed by atoms with Gasteiger partial charge in [0.1, 0.15) is 12.3 Å². The van der Waals surface area contributed by atoms with Crippen LogP contribution in [0.1, 0.15) is 11.1 Å². The summed E-state index contributed by atoms with van der Waals surface area (Å²) in [6.45, 7) is 8.79. The van der Waals surface area contributed by atoms with Crippen molar-refractivity contribution in [2.45, 2.75) is 13.8 Å². The Morgan fingerprint density at radius 2 is 2.03 bits per heavy atom. The van der Waals surface area contributed by atoms with Crippen LogP contribution >= 0.6 is 11.8 Å². The quantitative estimate of drug-likeness (QED) is 0.727. The van der Waals surface area contributed by atoms with Crippen molar-refractivity contribution in [1.29, 1.82) is 0 Å². The first kappa shape index (κ1) is 20.7. The fourth-order valence-electron chi connectivity index (χ4n) is 2.67. The van der Waals surface area contributed by atoms with Crippen LogP contribution in [0.4, 0.5) is 5.69 Å². The molecule has 0 aliphatic carbocycles. The molecule has 1 heterocycles. The third kappa shape index (κ3) is 5.96. The lowest BCUT2D eigenvalue weighted by Crippen LogP contribution is -2.33. The minimum Gasteiger partial charge on any atom is -0.441 e. The van der Waals surface area contributed by atoms with Crippen molar-refractivity contribution >= 4 is 34.4 Å². The average Bonchev–Trinajstić information content (AvgIpc) is 2.71. The van der Waals surface area contributed by atoms with Gasteiger partial charge in [-0.1, -0.05) is 48.2 Å². The molecule has 6 nitrogen and oxygen atoms in total. The topological polar surface area (TPSA) is 66.3 Å². The maximum absolute atomic E-state index is 12.4. The molecule has 0 radical (unpaired) electrons. The zero-order valence-corrected chi connectivity index (χ0v) is 17.4. The van der Waals surface area contributed by atoms with E-state index >= 15 is 0 Å². The number of ether oxygens (including phenoxy) is 1. The molecule has 3 rings (SSSR count). The number of hydrogen-bond donors (Lipinski definition) is 1. The van der Waals surface area contributed by atoms with Gasteiger partial charge in [0.05, 0.1) is 12.3 Å². The Morgan fingerprint density at radius 1 is 1.24 bits per heavy atom. The number of para-hydroxylation sites is 1. The van der Waals surface area contributed by atoms with Crippen LogP contribution in [0.2, 0.25) is 0 Å². The highest BCUT2D eigenvalue weighted by molar-refractivity contribution is 8.14. The number of hydrogen-bond acceptors (Lipinski definition) is 6. The van der Waals surface area contributed by atoms with Crippen molar-refractivity contribution in [2.75, 3.05) is 24.2 Å². The van der Waals surface area contributed by atoms with E-state index in [0.29, 0.717) is 29.9 Å². The third-order valence-electron chi connectivity index (χ3n) is 4.29. The van der Waals surface area contributed by atoms with E-state index in [0.717, 1.165) is 16.8 Å². The Kier molecular flexibility index (Phi) is 7.08. The van der Waals surface area contributed by atoms with Gasteiger partial charge in [0, 0.05) is 5.69 Å². The maximum atomic E-state index is 12.4. The van der Waals surface area contributed by atoms with Gasteiger partial charge < -0.3 is 10.1 Å². The molecule has 150 valence electrons. The van der Waals surface area contributed by atoms with Gasteiger partial charge in [-0.15, -0.1) is 11.7 Å². The molecular formula is C22H24N4O2S. The summed E-state index contributed by atoms with van der Waals surface area (Å²) in [5.74, 6) is 1.35. The molecule has 1 aliphatic rings. The summed E-state index contributed by atoms with van der Waals surface area (Å²) < 4.78 is 5.87. The van der Waals surface area contributed by atoms with E-state index in [2.05, 4.69) is 22.0 Å². The second kappa shape index (κ2) is 9.93. The van der Waals surface area contributed by atoms with Gasteiger partial charge in [-0.2, -0.15) is 4.99 Å². The van der Waals surface area contributed by atoms with E-state index in [1.165, 1.54) is 11.8 Å². The maximum Gasteiger partial charge on any atom is 0.234 e. The van der Waals surface area contributed by atoms with Crippen molar-refractivity contribution < 1.29 is 9.53 Å². The number of amidine groups is 1. The second-order valence-electron chi connectivity index (χ2n) is 6.52. The zero-order valence-electron chi connectivity index (χ0n) is 16.6. The predicted octanol–water partition coefficient (Wildman–Crippen LogP) is 4.23. The van der Waals surface area contributed by atoms with Crippen LogP contribution in [0.3, 0.4) is 0 Å². The molecule has 0 unspecified atom stereocenters. The highest BCUT2D eigenvalue weighted by Gasteiger charge is 2.18. The van der Waals surface area contributed by atoms with Crippen LogP contribution in [0, 0.1) is 13.8 Å². The molecule has 1 aliphatic heterocycles. The predicted molar refractivity (Wildman–Crippen MR) is 121 cm³/mol. The first-order valence-electron chi connectivity index (χ1n) is 9.29. The summed E-state index contributed by atoms with van der Waals surface area (Å²) in [5.41, 5.74) is 3.03. The van der Waals surface area contributed by atoms with E-state index in [1.54, 1.807) is 6.08 Å². The Morgan fingerprint density at radius 3 is 2.79 bits per heavy atom. The van der Waals surface area contributed by atoms with Gasteiger partial charge in [0.25, 0.3) is 0 Å². The van der Waals surface area contributed by atoms with Crippen LogP contribution in [0.5, 0.6) is 5.75 Å². The molecule has 0 spiro atoms. The standard InChI is InChI=1S/C22H24N4O2S/c1-4-13-26-14-21(28-18-10-6-5-7-11-18)24-22(25-26)29-15-20(27)23-19-12-8-9-16(2)17(19)3/h4-12H,1,13-15H2,2-3H3,(H,23,27). The SMILES string of the molecule is C=CCN1CC(Oc2ccccc2)=NC(SCC(=O)Nc2cccc(C)c2C)=N1. The van der Waals surface area contributed by atoms with Crippen molar-refractivity contribution in [3.8, 4) is 5.75 Å². The summed E-state index contributed by atoms with van der Waals surface area (Å²) in [6, 6.07) is 15.3. The molecular weight excluding hydrogens is 384 g/mol. The van der Waals surface area contributed by atoms with Gasteiger partial charge in [-0.25, -0.2) is 0 Å². The Labute approximate surface area is 175 Å². The number of anilines is 1. The highest BCUT2D eigenvalue weighted by atomic mass is 32.2. The molecule has 7 heteroatoms. The molecule has 0 bridgehead atoms. The first-order valence-corrected chi connectivity index (χ1v) is 10.3. The molecule has 2 aromatic rings. The monoisotopic (exact) mass is 408 g/mol. The number of carbonyl (C=O) groups is 1. The number of thioether (sulfide) groups is 1. The number of rotatable bonds is 6. The van der Waals surface area contributed by atoms with E-state index in [4.69, 9.17) is 4.74 Å². The van der Waals surface area contributed by atoms with Crippen molar-refractivity contribution in [3.05, 3.63) is 72.3 Å². The van der Waals surface area contributed by atoms with E-state index in [-0.39, 0.29) is 11.7 Å². The summed E-state index contributed by atoms with van der Waals surface area (Å²) >= 11 is 1.27. The molecule has 0 atom stereocenters. The molecule has 1 N–H and O–H groups in total. The normalized spacial score (nSPS) is 13.4. The molecule has 0 fully saturated rings. The Bertz CT molecular complexity index is 941. The third-order valence-corrected chi connectivity index (χ3v) is 5.13. The molecule has 29 heavy (non-hydrogen) atoms. The van der Waals surface area contributed by atoms with E-state index < -0.39 is 0 Å². The van der Waals surface area contributed by atoms with Gasteiger partial charge in [0.15, 0.2) is 0 Å². The van der Waals surface area contributed by atoms with Gasteiger partial charge >= 0.3 is 0 Å². The minimum atomic E-state index is -0.104. The number of aryl methyl sites for hydroxylation is 1. The van der Waals surface area contributed by atoms with Crippen molar-refractivity contribution in [3.63, 3.8) is 0 Å². The summed E-state index contributed by atoms with van der Waals surface area (Å²) in [6.07, 6.45) is 1.77. The summed E-state index contributed by atoms with van der Waals surface area (Å²) in [4.78, 5) is 16.9. The number of aliphatic imine (C=N–C) groups is 1. The van der Waals surface area contributed by atoms with Gasteiger partial charge in [-0.3, -0.25) is 9.80 Å². The second-order valence-corrected chi connectivity index (χ2v) is 7.47. The molecule has 1 amide bonds. The van der Waals surface area contributed by atoms with Crippen LogP contribution < -0.4 is 10.1 Å². The summed E-state index contributed by atoms with van der Waals surface area (Å²) in [5, 5.41) is 9.72. The van der Waals surface area contributed by atoms with E-state index in [9.17, 15) is 4.79 Å². The van der Waals surface area contributed by atoms with Gasteiger partial charge in [-0.05, 0) is 43.2 Å².